The Bertz CT molecular complexity index is 1120. The number of oxazole rings is 1. The van der Waals surface area contributed by atoms with E-state index in [2.05, 4.69) is 33.5 Å². The molecule has 0 saturated heterocycles. The minimum absolute atomic E-state index is 0.0257. The van der Waals surface area contributed by atoms with Crippen LogP contribution in [-0.4, -0.2) is 21.9 Å². The van der Waals surface area contributed by atoms with Gasteiger partial charge in [-0.05, 0) is 43.4 Å². The molecule has 0 radical (unpaired) electrons. The highest BCUT2D eigenvalue weighted by molar-refractivity contribution is 5.92. The Kier molecular flexibility index (Phi) is 5.95. The molecule has 154 valence electrons. The maximum Gasteiger partial charge on any atom is 0.273 e. The Morgan fingerprint density at radius 2 is 1.93 bits per heavy atom. The van der Waals surface area contributed by atoms with Crippen LogP contribution < -0.4 is 11.1 Å². The van der Waals surface area contributed by atoms with Crippen molar-refractivity contribution in [2.45, 2.75) is 38.3 Å². The predicted octanol–water partition coefficient (Wildman–Crippen LogP) is 4.15. The second-order valence-electron chi connectivity index (χ2n) is 7.64. The SMILES string of the molecule is CC(CCc1ccccc1)NC(=O)c1coc(C(N)Cc2c[nH]c3ccccc23)n1. The number of hydrogen-bond donors (Lipinski definition) is 3. The number of hydrogen-bond acceptors (Lipinski definition) is 4. The summed E-state index contributed by atoms with van der Waals surface area (Å²) in [5, 5.41) is 4.11. The molecule has 6 nitrogen and oxygen atoms in total. The Hall–Kier alpha value is -3.38. The first-order valence-corrected chi connectivity index (χ1v) is 10.2. The second-order valence-corrected chi connectivity index (χ2v) is 7.64. The van der Waals surface area contributed by atoms with Crippen molar-refractivity contribution in [2.75, 3.05) is 0 Å². The van der Waals surface area contributed by atoms with Crippen molar-refractivity contribution in [1.82, 2.24) is 15.3 Å². The van der Waals surface area contributed by atoms with Crippen molar-refractivity contribution in [2.24, 2.45) is 5.73 Å². The quantitative estimate of drug-likeness (QED) is 0.412. The molecular weight excluding hydrogens is 376 g/mol. The first-order valence-electron chi connectivity index (χ1n) is 10.2. The zero-order chi connectivity index (χ0) is 20.9. The van der Waals surface area contributed by atoms with Crippen LogP contribution in [0.3, 0.4) is 0 Å². The number of fused-ring (bicyclic) bond motifs is 1. The monoisotopic (exact) mass is 402 g/mol. The molecule has 0 aliphatic carbocycles. The molecule has 2 aromatic carbocycles. The van der Waals surface area contributed by atoms with Gasteiger partial charge < -0.3 is 20.5 Å². The Morgan fingerprint density at radius 3 is 2.77 bits per heavy atom. The number of carbonyl (C=O) groups excluding carboxylic acids is 1. The molecule has 2 heterocycles. The van der Waals surface area contributed by atoms with Crippen LogP contribution in [0.2, 0.25) is 0 Å². The number of benzene rings is 2. The van der Waals surface area contributed by atoms with Crippen LogP contribution in [0.4, 0.5) is 0 Å². The maximum atomic E-state index is 12.5. The first-order chi connectivity index (χ1) is 14.6. The summed E-state index contributed by atoms with van der Waals surface area (Å²) in [6.45, 7) is 1.99. The number of para-hydroxylation sites is 1. The number of nitrogens with zero attached hydrogens (tertiary/aromatic N) is 1. The number of aromatic amines is 1. The number of nitrogens with two attached hydrogens (primary N) is 1. The van der Waals surface area contributed by atoms with Gasteiger partial charge in [0.05, 0.1) is 6.04 Å². The molecule has 0 saturated carbocycles. The van der Waals surface area contributed by atoms with E-state index in [9.17, 15) is 4.79 Å². The molecule has 0 aliphatic heterocycles. The van der Waals surface area contributed by atoms with E-state index in [-0.39, 0.29) is 17.6 Å². The molecule has 4 aromatic rings. The minimum Gasteiger partial charge on any atom is -0.446 e. The molecule has 30 heavy (non-hydrogen) atoms. The summed E-state index contributed by atoms with van der Waals surface area (Å²) >= 11 is 0. The van der Waals surface area contributed by atoms with Gasteiger partial charge in [0.25, 0.3) is 5.91 Å². The van der Waals surface area contributed by atoms with Crippen molar-refractivity contribution in [1.29, 1.82) is 0 Å². The van der Waals surface area contributed by atoms with E-state index in [4.69, 9.17) is 10.2 Å². The number of H-pyrrole nitrogens is 1. The molecule has 4 rings (SSSR count). The molecule has 2 atom stereocenters. The number of amides is 1. The summed E-state index contributed by atoms with van der Waals surface area (Å²) < 4.78 is 5.51. The first kappa shape index (κ1) is 19.9. The molecular formula is C24H26N4O2. The Balaban J connectivity index is 1.34. The van der Waals surface area contributed by atoms with E-state index in [1.807, 2.05) is 49.5 Å². The molecule has 0 bridgehead atoms. The normalized spacial score (nSPS) is 13.3. The van der Waals surface area contributed by atoms with Crippen molar-refractivity contribution in [3.8, 4) is 0 Å². The predicted molar refractivity (Wildman–Crippen MR) is 117 cm³/mol. The van der Waals surface area contributed by atoms with Gasteiger partial charge in [-0.25, -0.2) is 4.98 Å². The molecule has 0 spiro atoms. The van der Waals surface area contributed by atoms with Gasteiger partial charge in [0.15, 0.2) is 5.69 Å². The van der Waals surface area contributed by atoms with Gasteiger partial charge in [-0.3, -0.25) is 4.79 Å². The number of nitrogens with one attached hydrogen (secondary N) is 2. The summed E-state index contributed by atoms with van der Waals surface area (Å²) in [4.78, 5) is 20.1. The smallest absolute Gasteiger partial charge is 0.273 e. The van der Waals surface area contributed by atoms with Crippen LogP contribution in [0.5, 0.6) is 0 Å². The molecule has 0 fully saturated rings. The Labute approximate surface area is 175 Å². The largest absolute Gasteiger partial charge is 0.446 e. The van der Waals surface area contributed by atoms with Crippen molar-refractivity contribution in [3.05, 3.63) is 89.8 Å². The molecule has 2 unspecified atom stereocenters. The summed E-state index contributed by atoms with van der Waals surface area (Å²) in [6, 6.07) is 17.9. The number of rotatable bonds is 8. The van der Waals surface area contributed by atoms with Crippen molar-refractivity contribution < 1.29 is 9.21 Å². The molecule has 6 heteroatoms. The van der Waals surface area contributed by atoms with E-state index in [1.54, 1.807) is 0 Å². The van der Waals surface area contributed by atoms with Gasteiger partial charge in [0.1, 0.15) is 6.26 Å². The summed E-state index contributed by atoms with van der Waals surface area (Å²) in [7, 11) is 0. The van der Waals surface area contributed by atoms with Crippen LogP contribution in [0.15, 0.2) is 71.5 Å². The third-order valence-electron chi connectivity index (χ3n) is 5.27. The van der Waals surface area contributed by atoms with Crippen LogP contribution in [-0.2, 0) is 12.8 Å². The third kappa shape index (κ3) is 4.60. The van der Waals surface area contributed by atoms with E-state index in [0.717, 1.165) is 29.3 Å². The molecule has 0 aliphatic rings. The van der Waals surface area contributed by atoms with E-state index >= 15 is 0 Å². The van der Waals surface area contributed by atoms with Gasteiger partial charge in [-0.1, -0.05) is 48.5 Å². The van der Waals surface area contributed by atoms with Gasteiger partial charge in [0.2, 0.25) is 5.89 Å². The fraction of sp³-hybridized carbons (Fsp3) is 0.250. The van der Waals surface area contributed by atoms with Crippen LogP contribution >= 0.6 is 0 Å². The average molecular weight is 402 g/mol. The maximum absolute atomic E-state index is 12.5. The van der Waals surface area contributed by atoms with Crippen LogP contribution in [0, 0.1) is 0 Å². The molecule has 2 aromatic heterocycles. The fourth-order valence-electron chi connectivity index (χ4n) is 3.58. The Morgan fingerprint density at radius 1 is 1.17 bits per heavy atom. The highest BCUT2D eigenvalue weighted by atomic mass is 16.3. The zero-order valence-electron chi connectivity index (χ0n) is 17.0. The fourth-order valence-corrected chi connectivity index (χ4v) is 3.58. The standard InChI is InChI=1S/C24H26N4O2/c1-16(11-12-17-7-3-2-4-8-17)27-23(29)22-15-30-24(28-22)20(25)13-18-14-26-21-10-6-5-9-19(18)21/h2-10,14-16,20,26H,11-13,25H2,1H3,(H,27,29). The van der Waals surface area contributed by atoms with Gasteiger partial charge in [0, 0.05) is 23.1 Å². The second kappa shape index (κ2) is 8.97. The van der Waals surface area contributed by atoms with Gasteiger partial charge in [-0.2, -0.15) is 0 Å². The summed E-state index contributed by atoms with van der Waals surface area (Å²) in [5.41, 5.74) is 9.97. The highest BCUT2D eigenvalue weighted by Gasteiger charge is 2.19. The lowest BCUT2D eigenvalue weighted by Crippen LogP contribution is -2.33. The summed E-state index contributed by atoms with van der Waals surface area (Å²) in [5.74, 6) is 0.118. The molecule has 1 amide bonds. The number of aromatic nitrogens is 2. The van der Waals surface area contributed by atoms with Crippen LogP contribution in [0.1, 0.15) is 46.9 Å². The number of carbonyl (C=O) groups is 1. The van der Waals surface area contributed by atoms with E-state index in [1.165, 1.54) is 11.8 Å². The summed E-state index contributed by atoms with van der Waals surface area (Å²) in [6.07, 6.45) is 5.65. The van der Waals surface area contributed by atoms with Gasteiger partial charge in [-0.15, -0.1) is 0 Å². The zero-order valence-corrected chi connectivity index (χ0v) is 17.0. The van der Waals surface area contributed by atoms with Crippen molar-refractivity contribution in [3.63, 3.8) is 0 Å². The lowest BCUT2D eigenvalue weighted by atomic mass is 10.1. The van der Waals surface area contributed by atoms with Gasteiger partial charge >= 0.3 is 0 Å². The highest BCUT2D eigenvalue weighted by Crippen LogP contribution is 2.23. The molecule has 4 N–H and O–H groups in total. The van der Waals surface area contributed by atoms with E-state index in [0.29, 0.717) is 12.3 Å². The van der Waals surface area contributed by atoms with E-state index < -0.39 is 6.04 Å². The lowest BCUT2D eigenvalue weighted by Gasteiger charge is -2.12. The average Bonchev–Trinajstić information content (AvgIpc) is 3.41. The topological polar surface area (TPSA) is 96.9 Å². The third-order valence-corrected chi connectivity index (χ3v) is 5.27. The van der Waals surface area contributed by atoms with Crippen molar-refractivity contribution >= 4 is 16.8 Å². The lowest BCUT2D eigenvalue weighted by molar-refractivity contribution is 0.0933. The minimum atomic E-state index is -0.429. The van der Waals surface area contributed by atoms with Crippen LogP contribution in [0.25, 0.3) is 10.9 Å². The number of aryl methyl sites for hydroxylation is 1.